The molecule has 3 nitrogen and oxygen atoms in total. The molecule has 0 heterocycles. The zero-order chi connectivity index (χ0) is 15.6. The van der Waals surface area contributed by atoms with Gasteiger partial charge < -0.3 is 11.1 Å². The molecule has 3 atom stereocenters. The van der Waals surface area contributed by atoms with Gasteiger partial charge >= 0.3 is 0 Å². The maximum atomic E-state index is 12.6. The molecule has 1 aromatic rings. The summed E-state index contributed by atoms with van der Waals surface area (Å²) < 4.78 is 0. The Bertz CT molecular complexity index is 510. The molecule has 0 saturated heterocycles. The number of carbonyl (C=O) groups is 1. The van der Waals surface area contributed by atoms with Crippen LogP contribution in [0.4, 0.5) is 5.69 Å². The molecule has 1 aliphatic carbocycles. The molecule has 3 N–H and O–H groups in total. The fraction of sp³-hybridized carbons (Fsp3) is 0.611. The van der Waals surface area contributed by atoms with Gasteiger partial charge in [0.05, 0.1) is 0 Å². The number of nitrogen functional groups attached to an aromatic ring is 1. The number of benzene rings is 1. The van der Waals surface area contributed by atoms with Crippen LogP contribution in [0.15, 0.2) is 18.2 Å². The first-order valence-electron chi connectivity index (χ1n) is 8.06. The molecule has 0 aromatic heterocycles. The molecule has 3 heteroatoms. The second kappa shape index (κ2) is 6.50. The van der Waals surface area contributed by atoms with Gasteiger partial charge in [-0.1, -0.05) is 33.3 Å². The van der Waals surface area contributed by atoms with Crippen LogP contribution in [-0.4, -0.2) is 11.9 Å². The Morgan fingerprint density at radius 2 is 2.05 bits per heavy atom. The molecule has 0 bridgehead atoms. The number of hydrogen-bond donors (Lipinski definition) is 2. The van der Waals surface area contributed by atoms with Crippen molar-refractivity contribution in [1.82, 2.24) is 5.32 Å². The topological polar surface area (TPSA) is 55.1 Å². The van der Waals surface area contributed by atoms with Crippen LogP contribution in [0.5, 0.6) is 0 Å². The lowest BCUT2D eigenvalue weighted by atomic mass is 9.74. The van der Waals surface area contributed by atoms with Gasteiger partial charge in [-0.25, -0.2) is 0 Å². The van der Waals surface area contributed by atoms with E-state index >= 15 is 0 Å². The summed E-state index contributed by atoms with van der Waals surface area (Å²) in [6, 6.07) is 5.83. The van der Waals surface area contributed by atoms with E-state index in [2.05, 4.69) is 26.1 Å². The van der Waals surface area contributed by atoms with E-state index in [9.17, 15) is 4.79 Å². The summed E-state index contributed by atoms with van der Waals surface area (Å²) in [6.07, 6.45) is 3.56. The third kappa shape index (κ3) is 3.58. The zero-order valence-corrected chi connectivity index (χ0v) is 13.6. The van der Waals surface area contributed by atoms with E-state index in [1.807, 2.05) is 25.1 Å². The minimum absolute atomic E-state index is 0.0181. The van der Waals surface area contributed by atoms with Gasteiger partial charge in [0.15, 0.2) is 0 Å². The first kappa shape index (κ1) is 15.9. The van der Waals surface area contributed by atoms with Gasteiger partial charge in [-0.15, -0.1) is 0 Å². The second-order valence-corrected chi connectivity index (χ2v) is 6.93. The highest BCUT2D eigenvalue weighted by molar-refractivity contribution is 5.97. The van der Waals surface area contributed by atoms with Gasteiger partial charge in [0.1, 0.15) is 0 Å². The summed E-state index contributed by atoms with van der Waals surface area (Å²) in [4.78, 5) is 12.6. The average molecular weight is 288 g/mol. The Morgan fingerprint density at radius 1 is 1.33 bits per heavy atom. The Morgan fingerprint density at radius 3 is 2.71 bits per heavy atom. The molecule has 21 heavy (non-hydrogen) atoms. The fourth-order valence-electron chi connectivity index (χ4n) is 3.51. The maximum absolute atomic E-state index is 12.6. The van der Waals surface area contributed by atoms with Crippen LogP contribution in [0.1, 0.15) is 56.0 Å². The van der Waals surface area contributed by atoms with Crippen molar-refractivity contribution in [3.8, 4) is 0 Å². The van der Waals surface area contributed by atoms with Crippen molar-refractivity contribution >= 4 is 11.6 Å². The quantitative estimate of drug-likeness (QED) is 0.832. The second-order valence-electron chi connectivity index (χ2n) is 6.93. The Labute approximate surface area is 128 Å². The number of nitrogens with two attached hydrogens (primary N) is 1. The summed E-state index contributed by atoms with van der Waals surface area (Å²) in [5.41, 5.74) is 8.17. The first-order valence-corrected chi connectivity index (χ1v) is 8.06. The largest absolute Gasteiger partial charge is 0.398 e. The van der Waals surface area contributed by atoms with Crippen molar-refractivity contribution in [3.63, 3.8) is 0 Å². The van der Waals surface area contributed by atoms with Crippen molar-refractivity contribution in [1.29, 1.82) is 0 Å². The molecule has 2 rings (SSSR count). The van der Waals surface area contributed by atoms with Crippen LogP contribution in [0.3, 0.4) is 0 Å². The van der Waals surface area contributed by atoms with Crippen molar-refractivity contribution in [2.75, 3.05) is 5.73 Å². The van der Waals surface area contributed by atoms with E-state index in [1.54, 1.807) is 0 Å². The third-order valence-corrected chi connectivity index (χ3v) is 4.96. The number of rotatable bonds is 3. The Balaban J connectivity index is 2.14. The van der Waals surface area contributed by atoms with Gasteiger partial charge in [-0.2, -0.15) is 0 Å². The number of anilines is 1. The lowest BCUT2D eigenvalue weighted by Crippen LogP contribution is -2.45. The van der Waals surface area contributed by atoms with Crippen LogP contribution in [0.2, 0.25) is 0 Å². The molecule has 1 saturated carbocycles. The lowest BCUT2D eigenvalue weighted by Gasteiger charge is -2.37. The smallest absolute Gasteiger partial charge is 0.251 e. The summed E-state index contributed by atoms with van der Waals surface area (Å²) in [5.74, 6) is 1.88. The van der Waals surface area contributed by atoms with Crippen molar-refractivity contribution in [2.45, 2.75) is 53.0 Å². The monoisotopic (exact) mass is 288 g/mol. The Hall–Kier alpha value is -1.51. The normalized spacial score (nSPS) is 25.9. The van der Waals surface area contributed by atoms with Gasteiger partial charge in [0.2, 0.25) is 0 Å². The lowest BCUT2D eigenvalue weighted by molar-refractivity contribution is 0.0867. The standard InChI is InChI=1S/C18H28N2O/c1-11(2)14-9-8-12(3)10-17(14)20-18(21)15-6-5-7-16(19)13(15)4/h5-7,11-12,14,17H,8-10,19H2,1-4H3,(H,20,21). The highest BCUT2D eigenvalue weighted by Gasteiger charge is 2.32. The molecule has 116 valence electrons. The molecule has 1 aliphatic rings. The van der Waals surface area contributed by atoms with Crippen LogP contribution in [-0.2, 0) is 0 Å². The number of carbonyl (C=O) groups excluding carboxylic acids is 1. The molecule has 0 aliphatic heterocycles. The molecular formula is C18H28N2O. The average Bonchev–Trinajstić information content (AvgIpc) is 2.41. The van der Waals surface area contributed by atoms with Crippen LogP contribution in [0.25, 0.3) is 0 Å². The highest BCUT2D eigenvalue weighted by Crippen LogP contribution is 2.33. The summed E-state index contributed by atoms with van der Waals surface area (Å²) in [7, 11) is 0. The van der Waals surface area contributed by atoms with Gasteiger partial charge in [0, 0.05) is 17.3 Å². The molecule has 3 unspecified atom stereocenters. The first-order chi connectivity index (χ1) is 9.90. The van der Waals surface area contributed by atoms with Crippen LogP contribution < -0.4 is 11.1 Å². The van der Waals surface area contributed by atoms with Crippen molar-refractivity contribution < 1.29 is 4.79 Å². The number of nitrogens with one attached hydrogen (secondary N) is 1. The van der Waals surface area contributed by atoms with E-state index in [0.717, 1.165) is 12.0 Å². The number of hydrogen-bond acceptors (Lipinski definition) is 2. The van der Waals surface area contributed by atoms with Crippen molar-refractivity contribution in [3.05, 3.63) is 29.3 Å². The summed E-state index contributed by atoms with van der Waals surface area (Å²) in [6.45, 7) is 8.70. The van der Waals surface area contributed by atoms with Crippen LogP contribution >= 0.6 is 0 Å². The number of amides is 1. The fourth-order valence-corrected chi connectivity index (χ4v) is 3.51. The van der Waals surface area contributed by atoms with Gasteiger partial charge in [-0.05, 0) is 55.2 Å². The minimum Gasteiger partial charge on any atom is -0.398 e. The van der Waals surface area contributed by atoms with E-state index in [1.165, 1.54) is 12.8 Å². The Kier molecular flexibility index (Phi) is 4.92. The van der Waals surface area contributed by atoms with E-state index in [0.29, 0.717) is 29.0 Å². The third-order valence-electron chi connectivity index (χ3n) is 4.96. The van der Waals surface area contributed by atoms with E-state index in [4.69, 9.17) is 5.73 Å². The van der Waals surface area contributed by atoms with Gasteiger partial charge in [-0.3, -0.25) is 4.79 Å². The SMILES string of the molecule is Cc1c(N)cccc1C(=O)NC1CC(C)CCC1C(C)C. The molecule has 0 spiro atoms. The maximum Gasteiger partial charge on any atom is 0.251 e. The van der Waals surface area contributed by atoms with Crippen molar-refractivity contribution in [2.24, 2.45) is 17.8 Å². The predicted molar refractivity (Wildman–Crippen MR) is 88.2 cm³/mol. The molecule has 1 amide bonds. The van der Waals surface area contributed by atoms with E-state index in [-0.39, 0.29) is 11.9 Å². The van der Waals surface area contributed by atoms with Gasteiger partial charge in [0.25, 0.3) is 5.91 Å². The zero-order valence-electron chi connectivity index (χ0n) is 13.6. The molecular weight excluding hydrogens is 260 g/mol. The predicted octanol–water partition coefficient (Wildman–Crippen LogP) is 3.77. The molecule has 1 aromatic carbocycles. The molecule has 0 radical (unpaired) electrons. The summed E-state index contributed by atoms with van der Waals surface area (Å²) in [5, 5.41) is 3.27. The van der Waals surface area contributed by atoms with Crippen LogP contribution in [0, 0.1) is 24.7 Å². The summed E-state index contributed by atoms with van der Waals surface area (Å²) >= 11 is 0. The minimum atomic E-state index is 0.0181. The highest BCUT2D eigenvalue weighted by atomic mass is 16.1. The van der Waals surface area contributed by atoms with E-state index < -0.39 is 0 Å². The molecule has 1 fully saturated rings.